The summed E-state index contributed by atoms with van der Waals surface area (Å²) in [6, 6.07) is 9.87. The highest BCUT2D eigenvalue weighted by atomic mass is 15.2. The summed E-state index contributed by atoms with van der Waals surface area (Å²) in [7, 11) is 0. The van der Waals surface area contributed by atoms with Crippen molar-refractivity contribution in [2.75, 3.05) is 5.43 Å². The van der Waals surface area contributed by atoms with Crippen molar-refractivity contribution in [2.45, 2.75) is 0 Å². The molecule has 60 valence electrons. The quantitative estimate of drug-likeness (QED) is 0.490. The number of para-hydroxylation sites is 1. The van der Waals surface area contributed by atoms with E-state index in [1.165, 1.54) is 0 Å². The van der Waals surface area contributed by atoms with Crippen molar-refractivity contribution in [1.82, 2.24) is 4.98 Å². The monoisotopic (exact) mass is 159 g/mol. The van der Waals surface area contributed by atoms with Crippen LogP contribution in [0.1, 0.15) is 0 Å². The Bertz CT molecular complexity index is 398. The number of rotatable bonds is 1. The average molecular weight is 159 g/mol. The molecular weight excluding hydrogens is 150 g/mol. The highest BCUT2D eigenvalue weighted by Crippen LogP contribution is 2.14. The van der Waals surface area contributed by atoms with Crippen LogP contribution in [0, 0.1) is 0 Å². The molecule has 0 saturated carbocycles. The fraction of sp³-hybridized carbons (Fsp3) is 0. The average Bonchev–Trinajstić information content (AvgIpc) is 2.17. The lowest BCUT2D eigenvalue weighted by Gasteiger charge is -2.00. The third-order valence-corrected chi connectivity index (χ3v) is 1.76. The van der Waals surface area contributed by atoms with Crippen LogP contribution in [0.25, 0.3) is 10.9 Å². The van der Waals surface area contributed by atoms with Crippen molar-refractivity contribution < 1.29 is 0 Å². The first kappa shape index (κ1) is 7.06. The van der Waals surface area contributed by atoms with Gasteiger partial charge in [0, 0.05) is 5.39 Å². The van der Waals surface area contributed by atoms with Gasteiger partial charge in [0.25, 0.3) is 0 Å². The fourth-order valence-corrected chi connectivity index (χ4v) is 1.15. The van der Waals surface area contributed by atoms with E-state index in [4.69, 9.17) is 5.84 Å². The number of hydrogen-bond donors (Lipinski definition) is 2. The second-order valence-electron chi connectivity index (χ2n) is 2.56. The lowest BCUT2D eigenvalue weighted by Crippen LogP contribution is -2.06. The van der Waals surface area contributed by atoms with Gasteiger partial charge in [-0.15, -0.1) is 0 Å². The number of anilines is 1. The number of nitrogens with two attached hydrogens (primary N) is 1. The van der Waals surface area contributed by atoms with E-state index in [9.17, 15) is 0 Å². The Labute approximate surface area is 70.2 Å². The molecule has 1 aromatic heterocycles. The first-order chi connectivity index (χ1) is 5.90. The summed E-state index contributed by atoms with van der Waals surface area (Å²) >= 11 is 0. The molecule has 0 atom stereocenters. The molecule has 1 aromatic carbocycles. The molecular formula is C9H9N3. The first-order valence-electron chi connectivity index (χ1n) is 3.71. The van der Waals surface area contributed by atoms with Gasteiger partial charge in [0.2, 0.25) is 0 Å². The van der Waals surface area contributed by atoms with Gasteiger partial charge < -0.3 is 5.43 Å². The molecule has 3 N–H and O–H groups in total. The highest BCUT2D eigenvalue weighted by Gasteiger charge is 1.93. The predicted octanol–water partition coefficient (Wildman–Crippen LogP) is 1.52. The zero-order valence-electron chi connectivity index (χ0n) is 6.49. The predicted molar refractivity (Wildman–Crippen MR) is 49.6 cm³/mol. The molecule has 0 bridgehead atoms. The van der Waals surface area contributed by atoms with Crippen LogP contribution in [0.4, 0.5) is 5.69 Å². The van der Waals surface area contributed by atoms with Crippen LogP contribution >= 0.6 is 0 Å². The highest BCUT2D eigenvalue weighted by molar-refractivity contribution is 5.81. The molecule has 3 heteroatoms. The molecule has 0 aliphatic carbocycles. The summed E-state index contributed by atoms with van der Waals surface area (Å²) in [5, 5.41) is 1.09. The number of benzene rings is 1. The second kappa shape index (κ2) is 2.79. The lowest BCUT2D eigenvalue weighted by molar-refractivity contribution is 1.31. The molecule has 0 amide bonds. The van der Waals surface area contributed by atoms with Gasteiger partial charge in [-0.1, -0.05) is 18.2 Å². The molecule has 0 radical (unpaired) electrons. The second-order valence-corrected chi connectivity index (χ2v) is 2.56. The van der Waals surface area contributed by atoms with Gasteiger partial charge in [0.05, 0.1) is 17.4 Å². The van der Waals surface area contributed by atoms with Crippen molar-refractivity contribution >= 4 is 16.6 Å². The van der Waals surface area contributed by atoms with Gasteiger partial charge in [-0.25, -0.2) is 0 Å². The Kier molecular flexibility index (Phi) is 1.64. The molecule has 12 heavy (non-hydrogen) atoms. The normalized spacial score (nSPS) is 10.1. The van der Waals surface area contributed by atoms with E-state index in [1.54, 1.807) is 6.20 Å². The van der Waals surface area contributed by atoms with Gasteiger partial charge in [-0.05, 0) is 12.1 Å². The number of hydrogen-bond acceptors (Lipinski definition) is 3. The van der Waals surface area contributed by atoms with Crippen LogP contribution in [-0.4, -0.2) is 4.98 Å². The zero-order valence-corrected chi connectivity index (χ0v) is 6.49. The van der Waals surface area contributed by atoms with E-state index in [0.717, 1.165) is 16.6 Å². The number of nitrogens with zero attached hydrogens (tertiary/aromatic N) is 1. The first-order valence-corrected chi connectivity index (χ1v) is 3.71. The molecule has 0 aliphatic heterocycles. The number of fused-ring (bicyclic) bond motifs is 1. The Morgan fingerprint density at radius 1 is 1.25 bits per heavy atom. The Hall–Kier alpha value is -1.61. The SMILES string of the molecule is NNc1cnc2ccccc2c1. The van der Waals surface area contributed by atoms with Crippen molar-refractivity contribution in [3.8, 4) is 0 Å². The zero-order chi connectivity index (χ0) is 8.39. The van der Waals surface area contributed by atoms with Crippen LogP contribution in [0.15, 0.2) is 36.5 Å². The maximum absolute atomic E-state index is 5.25. The Balaban J connectivity index is 2.67. The number of nitrogen functional groups attached to an aromatic ring is 1. The third kappa shape index (κ3) is 1.10. The maximum Gasteiger partial charge on any atom is 0.0703 e. The molecule has 0 saturated heterocycles. The molecule has 2 aromatic rings. The molecule has 0 spiro atoms. The van der Waals surface area contributed by atoms with Gasteiger partial charge >= 0.3 is 0 Å². The van der Waals surface area contributed by atoms with Crippen molar-refractivity contribution in [3.63, 3.8) is 0 Å². The summed E-state index contributed by atoms with van der Waals surface area (Å²) in [6.07, 6.45) is 1.71. The lowest BCUT2D eigenvalue weighted by atomic mass is 10.2. The minimum absolute atomic E-state index is 0.828. The third-order valence-electron chi connectivity index (χ3n) is 1.76. The molecule has 0 unspecified atom stereocenters. The minimum atomic E-state index is 0.828. The minimum Gasteiger partial charge on any atom is -0.323 e. The van der Waals surface area contributed by atoms with Crippen LogP contribution in [-0.2, 0) is 0 Å². The summed E-state index contributed by atoms with van der Waals surface area (Å²) in [5.41, 5.74) is 4.37. The Morgan fingerprint density at radius 2 is 2.08 bits per heavy atom. The van der Waals surface area contributed by atoms with Crippen molar-refractivity contribution in [2.24, 2.45) is 5.84 Å². The molecule has 3 nitrogen and oxygen atoms in total. The maximum atomic E-state index is 5.25. The van der Waals surface area contributed by atoms with Crippen LogP contribution in [0.3, 0.4) is 0 Å². The van der Waals surface area contributed by atoms with Crippen LogP contribution in [0.5, 0.6) is 0 Å². The fourth-order valence-electron chi connectivity index (χ4n) is 1.15. The van der Waals surface area contributed by atoms with Gasteiger partial charge in [-0.3, -0.25) is 10.8 Å². The van der Waals surface area contributed by atoms with E-state index in [2.05, 4.69) is 10.4 Å². The van der Waals surface area contributed by atoms with E-state index in [0.29, 0.717) is 0 Å². The molecule has 0 fully saturated rings. The van der Waals surface area contributed by atoms with Crippen LogP contribution in [0.2, 0.25) is 0 Å². The number of pyridine rings is 1. The number of nitrogens with one attached hydrogen (secondary N) is 1. The molecule has 2 rings (SSSR count). The van der Waals surface area contributed by atoms with Crippen LogP contribution < -0.4 is 11.3 Å². The smallest absolute Gasteiger partial charge is 0.0703 e. The van der Waals surface area contributed by atoms with E-state index >= 15 is 0 Å². The summed E-state index contributed by atoms with van der Waals surface area (Å²) in [5.74, 6) is 5.25. The molecule has 0 aliphatic rings. The van der Waals surface area contributed by atoms with E-state index in [-0.39, 0.29) is 0 Å². The molecule has 1 heterocycles. The summed E-state index contributed by atoms with van der Waals surface area (Å²) in [4.78, 5) is 4.21. The number of hydrazine groups is 1. The largest absolute Gasteiger partial charge is 0.323 e. The summed E-state index contributed by atoms with van der Waals surface area (Å²) in [6.45, 7) is 0. The number of aromatic nitrogens is 1. The topological polar surface area (TPSA) is 50.9 Å². The van der Waals surface area contributed by atoms with Crippen molar-refractivity contribution in [3.05, 3.63) is 36.5 Å². The van der Waals surface area contributed by atoms with Gasteiger partial charge in [0.15, 0.2) is 0 Å². The Morgan fingerprint density at radius 3 is 2.92 bits per heavy atom. The van der Waals surface area contributed by atoms with E-state index in [1.807, 2.05) is 30.3 Å². The van der Waals surface area contributed by atoms with Crippen molar-refractivity contribution in [1.29, 1.82) is 0 Å². The van der Waals surface area contributed by atoms with Gasteiger partial charge in [0.1, 0.15) is 0 Å². The van der Waals surface area contributed by atoms with E-state index < -0.39 is 0 Å². The summed E-state index contributed by atoms with van der Waals surface area (Å²) < 4.78 is 0. The van der Waals surface area contributed by atoms with Gasteiger partial charge in [-0.2, -0.15) is 0 Å². The standard InChI is InChI=1S/C9H9N3/c10-12-8-5-7-3-1-2-4-9(7)11-6-8/h1-6,12H,10H2.